The molecule has 0 saturated heterocycles. The Morgan fingerprint density at radius 1 is 1.35 bits per heavy atom. The summed E-state index contributed by atoms with van der Waals surface area (Å²) in [7, 11) is 1.38. The van der Waals surface area contributed by atoms with Gasteiger partial charge in [-0.3, -0.25) is 0 Å². The molecule has 92 valence electrons. The third-order valence-electron chi connectivity index (χ3n) is 2.53. The number of hydrogen-bond donors (Lipinski definition) is 0. The Balaban J connectivity index is 3.09. The van der Waals surface area contributed by atoms with Crippen LogP contribution in [0.25, 0.3) is 5.76 Å². The van der Waals surface area contributed by atoms with Crippen molar-refractivity contribution in [2.75, 3.05) is 13.7 Å². The van der Waals surface area contributed by atoms with E-state index in [4.69, 9.17) is 9.47 Å². The smallest absolute Gasteiger partial charge is 0.337 e. The largest absolute Gasteiger partial charge is 0.494 e. The van der Waals surface area contributed by atoms with E-state index in [1.807, 2.05) is 26.0 Å². The minimum absolute atomic E-state index is 0.326. The summed E-state index contributed by atoms with van der Waals surface area (Å²) in [6.07, 6.45) is 0.812. The van der Waals surface area contributed by atoms with Crippen molar-refractivity contribution in [2.24, 2.45) is 0 Å². The Labute approximate surface area is 102 Å². The van der Waals surface area contributed by atoms with Crippen LogP contribution >= 0.6 is 0 Å². The molecule has 3 heteroatoms. The van der Waals surface area contributed by atoms with Crippen LogP contribution in [-0.4, -0.2) is 19.7 Å². The van der Waals surface area contributed by atoms with Crippen molar-refractivity contribution in [2.45, 2.75) is 20.3 Å². The fraction of sp³-hybridized carbons (Fsp3) is 0.357. The third kappa shape index (κ3) is 3.09. The first-order chi connectivity index (χ1) is 8.13. The molecule has 0 bridgehead atoms. The minimum Gasteiger partial charge on any atom is -0.494 e. The van der Waals surface area contributed by atoms with Crippen LogP contribution in [0, 0.1) is 0 Å². The van der Waals surface area contributed by atoms with Crippen LogP contribution < -0.4 is 0 Å². The minimum atomic E-state index is -0.326. The summed E-state index contributed by atoms with van der Waals surface area (Å²) in [5.74, 6) is 0.314. The van der Waals surface area contributed by atoms with E-state index < -0.39 is 0 Å². The number of methoxy groups -OCH3 is 1. The number of hydrogen-bond acceptors (Lipinski definition) is 3. The average Bonchev–Trinajstić information content (AvgIpc) is 2.37. The Hall–Kier alpha value is -1.77. The number of aryl methyl sites for hydroxylation is 1. The van der Waals surface area contributed by atoms with Gasteiger partial charge in [-0.15, -0.1) is 0 Å². The van der Waals surface area contributed by atoms with E-state index in [1.165, 1.54) is 7.11 Å². The molecule has 0 aliphatic rings. The molecule has 0 spiro atoms. The zero-order chi connectivity index (χ0) is 12.8. The average molecular weight is 234 g/mol. The van der Waals surface area contributed by atoms with Gasteiger partial charge in [0.25, 0.3) is 0 Å². The molecule has 0 fully saturated rings. The summed E-state index contributed by atoms with van der Waals surface area (Å²) in [5, 5.41) is 0. The quantitative estimate of drug-likeness (QED) is 0.580. The van der Waals surface area contributed by atoms with Gasteiger partial charge < -0.3 is 9.47 Å². The van der Waals surface area contributed by atoms with E-state index in [0.29, 0.717) is 17.9 Å². The standard InChI is InChI=1S/C14H18O3/c1-5-11-9-12(14(15)16-4)7-8-13(11)10(3)17-6-2/h7-9H,3,5-6H2,1-2,4H3. The predicted molar refractivity (Wildman–Crippen MR) is 67.8 cm³/mol. The van der Waals surface area contributed by atoms with Gasteiger partial charge in [-0.2, -0.15) is 0 Å². The van der Waals surface area contributed by atoms with Gasteiger partial charge in [0.05, 0.1) is 19.3 Å². The van der Waals surface area contributed by atoms with E-state index in [9.17, 15) is 4.79 Å². The van der Waals surface area contributed by atoms with Gasteiger partial charge in [-0.1, -0.05) is 19.6 Å². The van der Waals surface area contributed by atoms with Crippen molar-refractivity contribution in [3.63, 3.8) is 0 Å². The van der Waals surface area contributed by atoms with Gasteiger partial charge in [0.2, 0.25) is 0 Å². The lowest BCUT2D eigenvalue weighted by Gasteiger charge is -2.12. The second kappa shape index (κ2) is 6.09. The number of esters is 1. The zero-order valence-electron chi connectivity index (χ0n) is 10.6. The molecular formula is C14H18O3. The zero-order valence-corrected chi connectivity index (χ0v) is 10.6. The highest BCUT2D eigenvalue weighted by atomic mass is 16.5. The topological polar surface area (TPSA) is 35.5 Å². The Kier molecular flexibility index (Phi) is 4.76. The lowest BCUT2D eigenvalue weighted by Crippen LogP contribution is -2.04. The summed E-state index contributed by atoms with van der Waals surface area (Å²) in [6.45, 7) is 8.41. The van der Waals surface area contributed by atoms with Gasteiger partial charge >= 0.3 is 5.97 Å². The fourth-order valence-electron chi connectivity index (χ4n) is 1.66. The van der Waals surface area contributed by atoms with Gasteiger partial charge in [0.1, 0.15) is 5.76 Å². The SMILES string of the molecule is C=C(OCC)c1ccc(C(=O)OC)cc1CC. The second-order valence-electron chi connectivity index (χ2n) is 3.57. The van der Waals surface area contributed by atoms with Gasteiger partial charge in [0, 0.05) is 5.56 Å². The molecule has 0 atom stereocenters. The van der Waals surface area contributed by atoms with E-state index in [1.54, 1.807) is 6.07 Å². The molecule has 0 aliphatic heterocycles. The maximum atomic E-state index is 11.4. The number of rotatable bonds is 5. The van der Waals surface area contributed by atoms with Crippen LogP contribution in [0.4, 0.5) is 0 Å². The molecule has 1 rings (SSSR count). The lowest BCUT2D eigenvalue weighted by molar-refractivity contribution is 0.0600. The molecule has 0 aromatic heterocycles. The van der Waals surface area contributed by atoms with Crippen molar-refractivity contribution in [3.8, 4) is 0 Å². The summed E-state index contributed by atoms with van der Waals surface area (Å²) in [4.78, 5) is 11.4. The number of ether oxygens (including phenoxy) is 2. The van der Waals surface area contributed by atoms with Crippen molar-refractivity contribution in [1.82, 2.24) is 0 Å². The normalized spacial score (nSPS) is 9.82. The highest BCUT2D eigenvalue weighted by Gasteiger charge is 2.11. The summed E-state index contributed by atoms with van der Waals surface area (Å²) < 4.78 is 10.1. The summed E-state index contributed by atoms with van der Waals surface area (Å²) in [6, 6.07) is 5.40. The highest BCUT2D eigenvalue weighted by molar-refractivity contribution is 5.90. The number of benzene rings is 1. The summed E-state index contributed by atoms with van der Waals surface area (Å²) >= 11 is 0. The van der Waals surface area contributed by atoms with E-state index in [2.05, 4.69) is 6.58 Å². The van der Waals surface area contributed by atoms with Gasteiger partial charge in [-0.05, 0) is 31.0 Å². The van der Waals surface area contributed by atoms with Crippen LogP contribution in [-0.2, 0) is 15.9 Å². The molecule has 1 aromatic rings. The molecular weight excluding hydrogens is 216 g/mol. The van der Waals surface area contributed by atoms with Gasteiger partial charge in [0.15, 0.2) is 0 Å². The van der Waals surface area contributed by atoms with E-state index >= 15 is 0 Å². The van der Waals surface area contributed by atoms with Crippen LogP contribution in [0.5, 0.6) is 0 Å². The first kappa shape index (κ1) is 13.3. The molecule has 0 saturated carbocycles. The van der Waals surface area contributed by atoms with E-state index in [-0.39, 0.29) is 5.97 Å². The van der Waals surface area contributed by atoms with Crippen LogP contribution in [0.3, 0.4) is 0 Å². The van der Waals surface area contributed by atoms with Crippen LogP contribution in [0.1, 0.15) is 35.3 Å². The molecule has 1 aromatic carbocycles. The first-order valence-corrected chi connectivity index (χ1v) is 5.67. The van der Waals surface area contributed by atoms with Crippen molar-refractivity contribution in [1.29, 1.82) is 0 Å². The molecule has 0 unspecified atom stereocenters. The first-order valence-electron chi connectivity index (χ1n) is 5.67. The van der Waals surface area contributed by atoms with Crippen molar-refractivity contribution >= 4 is 11.7 Å². The number of carbonyl (C=O) groups is 1. The molecule has 0 N–H and O–H groups in total. The molecule has 0 aliphatic carbocycles. The monoisotopic (exact) mass is 234 g/mol. The molecule has 3 nitrogen and oxygen atoms in total. The molecule has 17 heavy (non-hydrogen) atoms. The fourth-order valence-corrected chi connectivity index (χ4v) is 1.66. The van der Waals surface area contributed by atoms with Gasteiger partial charge in [-0.25, -0.2) is 4.79 Å². The van der Waals surface area contributed by atoms with Crippen LogP contribution in [0.15, 0.2) is 24.8 Å². The van der Waals surface area contributed by atoms with E-state index in [0.717, 1.165) is 17.5 Å². The Morgan fingerprint density at radius 3 is 2.59 bits per heavy atom. The van der Waals surface area contributed by atoms with Crippen molar-refractivity contribution < 1.29 is 14.3 Å². The molecule has 0 amide bonds. The second-order valence-corrected chi connectivity index (χ2v) is 3.57. The predicted octanol–water partition coefficient (Wildman–Crippen LogP) is 3.04. The lowest BCUT2D eigenvalue weighted by atomic mass is 10.0. The number of carbonyl (C=O) groups excluding carboxylic acids is 1. The molecule has 0 radical (unpaired) electrons. The Morgan fingerprint density at radius 2 is 2.06 bits per heavy atom. The highest BCUT2D eigenvalue weighted by Crippen LogP contribution is 2.21. The van der Waals surface area contributed by atoms with Crippen molar-refractivity contribution in [3.05, 3.63) is 41.5 Å². The van der Waals surface area contributed by atoms with Crippen LogP contribution in [0.2, 0.25) is 0 Å². The Bertz CT molecular complexity index is 421. The maximum absolute atomic E-state index is 11.4. The summed E-state index contributed by atoms with van der Waals surface area (Å²) in [5.41, 5.74) is 2.53. The molecule has 0 heterocycles. The third-order valence-corrected chi connectivity index (χ3v) is 2.53. The maximum Gasteiger partial charge on any atom is 0.337 e.